The molecule has 2 atom stereocenters. The summed E-state index contributed by atoms with van der Waals surface area (Å²) in [6, 6.07) is 5.39. The predicted molar refractivity (Wildman–Crippen MR) is 51.3 cm³/mol. The molecule has 74 valence electrons. The molecule has 1 fully saturated rings. The van der Waals surface area contributed by atoms with Crippen LogP contribution in [0.1, 0.15) is 23.5 Å². The molecule has 1 aliphatic carbocycles. The summed E-state index contributed by atoms with van der Waals surface area (Å²) >= 11 is 0. The maximum Gasteiger partial charge on any atom is 0.307 e. The maximum atomic E-state index is 10.6. The van der Waals surface area contributed by atoms with E-state index in [1.165, 1.54) is 0 Å². The van der Waals surface area contributed by atoms with Gasteiger partial charge in [-0.2, -0.15) is 0 Å². The van der Waals surface area contributed by atoms with Crippen molar-refractivity contribution < 1.29 is 15.0 Å². The van der Waals surface area contributed by atoms with Gasteiger partial charge in [0.05, 0.1) is 5.92 Å². The standard InChI is InChI=1S/C11H12O3/c1-6-2-3-7(10(12)4-6)8-5-9(8)11(13)14/h2-4,8-9,12H,5H2,1H3,(H,13,14)/t8-,9+/m0/s1. The normalized spacial score (nSPS) is 24.6. The van der Waals surface area contributed by atoms with Crippen molar-refractivity contribution >= 4 is 5.97 Å². The number of hydrogen-bond acceptors (Lipinski definition) is 2. The lowest BCUT2D eigenvalue weighted by Crippen LogP contribution is -1.99. The zero-order valence-corrected chi connectivity index (χ0v) is 7.90. The SMILES string of the molecule is Cc1ccc([C@@H]2C[C@H]2C(=O)O)c(O)c1. The van der Waals surface area contributed by atoms with Crippen LogP contribution in [-0.4, -0.2) is 16.2 Å². The Morgan fingerprint density at radius 3 is 2.71 bits per heavy atom. The van der Waals surface area contributed by atoms with Crippen LogP contribution in [0.3, 0.4) is 0 Å². The van der Waals surface area contributed by atoms with Gasteiger partial charge >= 0.3 is 5.97 Å². The van der Waals surface area contributed by atoms with Crippen molar-refractivity contribution in [1.29, 1.82) is 0 Å². The molecule has 0 aliphatic heterocycles. The predicted octanol–water partition coefficient (Wildman–Crippen LogP) is 1.89. The summed E-state index contributed by atoms with van der Waals surface area (Å²) in [6.07, 6.45) is 0.645. The van der Waals surface area contributed by atoms with Gasteiger partial charge in [0.15, 0.2) is 0 Å². The number of phenols is 1. The van der Waals surface area contributed by atoms with Gasteiger partial charge in [-0.25, -0.2) is 0 Å². The molecule has 1 aliphatic rings. The van der Waals surface area contributed by atoms with Crippen LogP contribution in [0.5, 0.6) is 5.75 Å². The Labute approximate surface area is 82.0 Å². The van der Waals surface area contributed by atoms with Crippen molar-refractivity contribution in [3.63, 3.8) is 0 Å². The molecule has 0 heterocycles. The molecule has 3 heteroatoms. The molecule has 0 radical (unpaired) electrons. The first-order valence-electron chi connectivity index (χ1n) is 4.62. The number of carboxylic acids is 1. The van der Waals surface area contributed by atoms with Gasteiger partial charge in [-0.3, -0.25) is 4.79 Å². The van der Waals surface area contributed by atoms with Crippen LogP contribution in [-0.2, 0) is 4.79 Å². The Kier molecular flexibility index (Phi) is 1.95. The summed E-state index contributed by atoms with van der Waals surface area (Å²) < 4.78 is 0. The highest BCUT2D eigenvalue weighted by molar-refractivity contribution is 5.75. The van der Waals surface area contributed by atoms with Crippen molar-refractivity contribution in [1.82, 2.24) is 0 Å². The number of hydrogen-bond donors (Lipinski definition) is 2. The Morgan fingerprint density at radius 2 is 2.21 bits per heavy atom. The molecule has 0 amide bonds. The van der Waals surface area contributed by atoms with E-state index in [4.69, 9.17) is 5.11 Å². The van der Waals surface area contributed by atoms with Crippen LogP contribution in [0, 0.1) is 12.8 Å². The zero-order valence-electron chi connectivity index (χ0n) is 7.90. The number of aromatic hydroxyl groups is 1. The van der Waals surface area contributed by atoms with Crippen LogP contribution in [0.15, 0.2) is 18.2 Å². The Bertz CT molecular complexity index is 384. The Balaban J connectivity index is 2.23. The van der Waals surface area contributed by atoms with Gasteiger partial charge in [-0.15, -0.1) is 0 Å². The lowest BCUT2D eigenvalue weighted by Gasteiger charge is -2.03. The van der Waals surface area contributed by atoms with Gasteiger partial charge in [0, 0.05) is 5.92 Å². The van der Waals surface area contributed by atoms with Crippen molar-refractivity contribution in [2.75, 3.05) is 0 Å². The van der Waals surface area contributed by atoms with Gasteiger partial charge in [0.1, 0.15) is 5.75 Å². The van der Waals surface area contributed by atoms with Crippen molar-refractivity contribution in [3.05, 3.63) is 29.3 Å². The second-order valence-electron chi connectivity index (χ2n) is 3.85. The zero-order chi connectivity index (χ0) is 10.3. The fourth-order valence-electron chi connectivity index (χ4n) is 1.78. The third-order valence-corrected chi connectivity index (χ3v) is 2.69. The van der Waals surface area contributed by atoms with Crippen molar-refractivity contribution in [2.45, 2.75) is 19.3 Å². The summed E-state index contributed by atoms with van der Waals surface area (Å²) in [7, 11) is 0. The van der Waals surface area contributed by atoms with Crippen LogP contribution in [0.4, 0.5) is 0 Å². The molecule has 1 saturated carbocycles. The van der Waals surface area contributed by atoms with Gasteiger partial charge in [-0.05, 0) is 30.5 Å². The van der Waals surface area contributed by atoms with Crippen LogP contribution < -0.4 is 0 Å². The van der Waals surface area contributed by atoms with E-state index >= 15 is 0 Å². The summed E-state index contributed by atoms with van der Waals surface area (Å²) in [5.41, 5.74) is 1.75. The Hall–Kier alpha value is -1.51. The quantitative estimate of drug-likeness (QED) is 0.752. The molecule has 0 spiro atoms. The molecule has 0 bridgehead atoms. The van der Waals surface area contributed by atoms with E-state index in [1.54, 1.807) is 6.07 Å². The summed E-state index contributed by atoms with van der Waals surface area (Å²) in [5.74, 6) is -0.842. The molecule has 2 N–H and O–H groups in total. The topological polar surface area (TPSA) is 57.5 Å². The average molecular weight is 192 g/mol. The van der Waals surface area contributed by atoms with E-state index in [2.05, 4.69) is 0 Å². The molecule has 14 heavy (non-hydrogen) atoms. The number of aryl methyl sites for hydroxylation is 1. The van der Waals surface area contributed by atoms with Crippen molar-refractivity contribution in [2.24, 2.45) is 5.92 Å². The van der Waals surface area contributed by atoms with E-state index in [9.17, 15) is 9.90 Å². The molecule has 3 nitrogen and oxygen atoms in total. The van der Waals surface area contributed by atoms with Crippen molar-refractivity contribution in [3.8, 4) is 5.75 Å². The monoisotopic (exact) mass is 192 g/mol. The molecule has 0 saturated heterocycles. The van der Waals surface area contributed by atoms with E-state index in [-0.39, 0.29) is 17.6 Å². The number of carbonyl (C=O) groups is 1. The van der Waals surface area contributed by atoms with Gasteiger partial charge < -0.3 is 10.2 Å². The summed E-state index contributed by atoms with van der Waals surface area (Å²) in [4.78, 5) is 10.6. The smallest absolute Gasteiger partial charge is 0.307 e. The van der Waals surface area contributed by atoms with E-state index in [1.807, 2.05) is 19.1 Å². The number of benzene rings is 1. The molecular weight excluding hydrogens is 180 g/mol. The molecule has 1 aromatic carbocycles. The highest BCUT2D eigenvalue weighted by atomic mass is 16.4. The number of aliphatic carboxylic acids is 1. The lowest BCUT2D eigenvalue weighted by molar-refractivity contribution is -0.138. The largest absolute Gasteiger partial charge is 0.508 e. The molecule has 0 unspecified atom stereocenters. The second kappa shape index (κ2) is 3.01. The third-order valence-electron chi connectivity index (χ3n) is 2.69. The maximum absolute atomic E-state index is 10.6. The minimum Gasteiger partial charge on any atom is -0.508 e. The van der Waals surface area contributed by atoms with E-state index in [0.717, 1.165) is 11.1 Å². The number of rotatable bonds is 2. The summed E-state index contributed by atoms with van der Waals surface area (Å²) in [5, 5.41) is 18.4. The molecule has 1 aromatic rings. The van der Waals surface area contributed by atoms with Gasteiger partial charge in [0.25, 0.3) is 0 Å². The number of carboxylic acid groups (broad SMARTS) is 1. The summed E-state index contributed by atoms with van der Waals surface area (Å²) in [6.45, 7) is 1.89. The Morgan fingerprint density at radius 1 is 1.50 bits per heavy atom. The first-order chi connectivity index (χ1) is 6.59. The highest BCUT2D eigenvalue weighted by Gasteiger charge is 2.45. The minimum absolute atomic E-state index is 0.00750. The molecular formula is C11H12O3. The second-order valence-corrected chi connectivity index (χ2v) is 3.85. The third kappa shape index (κ3) is 1.45. The number of phenolic OH excluding ortho intramolecular Hbond substituents is 1. The van der Waals surface area contributed by atoms with E-state index in [0.29, 0.717) is 6.42 Å². The lowest BCUT2D eigenvalue weighted by atomic mass is 10.1. The fraction of sp³-hybridized carbons (Fsp3) is 0.364. The fourth-order valence-corrected chi connectivity index (χ4v) is 1.78. The first kappa shape index (κ1) is 9.06. The molecule has 2 rings (SSSR count). The van der Waals surface area contributed by atoms with Gasteiger partial charge in [0.2, 0.25) is 0 Å². The van der Waals surface area contributed by atoms with Gasteiger partial charge in [-0.1, -0.05) is 12.1 Å². The molecule has 0 aromatic heterocycles. The average Bonchev–Trinajstić information content (AvgIpc) is 2.83. The highest BCUT2D eigenvalue weighted by Crippen LogP contribution is 2.50. The van der Waals surface area contributed by atoms with Crippen LogP contribution in [0.2, 0.25) is 0 Å². The minimum atomic E-state index is -0.769. The van der Waals surface area contributed by atoms with Crippen LogP contribution in [0.25, 0.3) is 0 Å². The first-order valence-corrected chi connectivity index (χ1v) is 4.62. The van der Waals surface area contributed by atoms with Crippen LogP contribution >= 0.6 is 0 Å². The van der Waals surface area contributed by atoms with E-state index < -0.39 is 5.97 Å².